The molecule has 0 spiro atoms. The predicted octanol–water partition coefficient (Wildman–Crippen LogP) is 9.74. The lowest BCUT2D eigenvalue weighted by Gasteiger charge is -2.09. The second kappa shape index (κ2) is 46.7. The van der Waals surface area contributed by atoms with Crippen LogP contribution >= 0.6 is 0 Å². The van der Waals surface area contributed by atoms with Crippen molar-refractivity contribution in [3.63, 3.8) is 0 Å². The lowest BCUT2D eigenvalue weighted by molar-refractivity contribution is -0.0232. The molecule has 0 rings (SSSR count). The van der Waals surface area contributed by atoms with E-state index < -0.39 is 0 Å². The van der Waals surface area contributed by atoms with Crippen LogP contribution in [0.2, 0.25) is 0 Å². The third-order valence-corrected chi connectivity index (χ3v) is 8.39. The van der Waals surface area contributed by atoms with Crippen LogP contribution < -0.4 is 0 Å². The molecule has 0 aliphatic carbocycles. The molecule has 0 radical (unpaired) electrons. The van der Waals surface area contributed by atoms with E-state index in [1.807, 2.05) is 0 Å². The van der Waals surface area contributed by atoms with Gasteiger partial charge in [0.25, 0.3) is 0 Å². The van der Waals surface area contributed by atoms with Crippen LogP contribution in [0.1, 0.15) is 155 Å². The van der Waals surface area contributed by atoms with E-state index in [1.54, 1.807) is 0 Å². The molecule has 0 heterocycles. The van der Waals surface area contributed by atoms with E-state index in [-0.39, 0.29) is 0 Å². The number of rotatable bonds is 45. The van der Waals surface area contributed by atoms with Crippen LogP contribution in [-0.4, -0.2) is 106 Å². The van der Waals surface area contributed by atoms with Crippen molar-refractivity contribution in [1.29, 1.82) is 0 Å². The maximum absolute atomic E-state index is 5.69. The third-order valence-electron chi connectivity index (χ3n) is 8.39. The van der Waals surface area contributed by atoms with E-state index >= 15 is 0 Å². The fourth-order valence-corrected chi connectivity index (χ4v) is 5.38. The van der Waals surface area contributed by atoms with Crippen molar-refractivity contribution in [3.05, 3.63) is 0 Å². The Balaban J connectivity index is 3.04. The number of ether oxygens (including phenoxy) is 8. The highest BCUT2D eigenvalue weighted by molar-refractivity contribution is 4.50. The standard InChI is InChI=1S/C40H82O8/c1-3-5-7-9-11-12-13-14-15-16-17-18-19-20-22-24-26-42-28-30-44-32-34-46-36-38-48-40-39-47-37-35-45-33-31-43-29-27-41-25-23-21-10-8-6-4-2/h3-40H2,1-2H3. The van der Waals surface area contributed by atoms with Gasteiger partial charge >= 0.3 is 0 Å². The average molecular weight is 691 g/mol. The molecule has 0 bridgehead atoms. The zero-order valence-corrected chi connectivity index (χ0v) is 32.1. The Morgan fingerprint density at radius 1 is 0.167 bits per heavy atom. The summed E-state index contributed by atoms with van der Waals surface area (Å²) in [5.41, 5.74) is 0. The molecule has 0 aliphatic rings. The van der Waals surface area contributed by atoms with Crippen molar-refractivity contribution in [2.24, 2.45) is 0 Å². The second-order valence-electron chi connectivity index (χ2n) is 13.0. The molecule has 0 fully saturated rings. The van der Waals surface area contributed by atoms with Gasteiger partial charge in [0.1, 0.15) is 0 Å². The fraction of sp³-hybridized carbons (Fsp3) is 1.00. The Bertz CT molecular complexity index is 493. The van der Waals surface area contributed by atoms with E-state index in [4.69, 9.17) is 37.9 Å². The van der Waals surface area contributed by atoms with Gasteiger partial charge in [0.15, 0.2) is 0 Å². The van der Waals surface area contributed by atoms with E-state index in [0.29, 0.717) is 92.5 Å². The van der Waals surface area contributed by atoms with Crippen molar-refractivity contribution in [3.8, 4) is 0 Å². The molecular weight excluding hydrogens is 608 g/mol. The number of hydrogen-bond donors (Lipinski definition) is 0. The van der Waals surface area contributed by atoms with E-state index in [9.17, 15) is 0 Å². The first-order chi connectivity index (χ1) is 23.9. The summed E-state index contributed by atoms with van der Waals surface area (Å²) in [5, 5.41) is 0. The minimum Gasteiger partial charge on any atom is -0.379 e. The molecule has 0 unspecified atom stereocenters. The van der Waals surface area contributed by atoms with Gasteiger partial charge in [0.2, 0.25) is 0 Å². The van der Waals surface area contributed by atoms with Gasteiger partial charge in [-0.1, -0.05) is 142 Å². The molecule has 0 aromatic rings. The molecule has 0 saturated heterocycles. The van der Waals surface area contributed by atoms with Crippen molar-refractivity contribution in [2.45, 2.75) is 155 Å². The molecule has 0 atom stereocenters. The Hall–Kier alpha value is -0.320. The van der Waals surface area contributed by atoms with Crippen LogP contribution in [0.5, 0.6) is 0 Å². The van der Waals surface area contributed by atoms with Gasteiger partial charge in [-0.3, -0.25) is 0 Å². The summed E-state index contributed by atoms with van der Waals surface area (Å²) in [6.07, 6.45) is 30.0. The van der Waals surface area contributed by atoms with Crippen molar-refractivity contribution in [1.82, 2.24) is 0 Å². The Labute approximate surface area is 298 Å². The summed E-state index contributed by atoms with van der Waals surface area (Å²) < 4.78 is 44.5. The van der Waals surface area contributed by atoms with Crippen molar-refractivity contribution < 1.29 is 37.9 Å². The molecule has 48 heavy (non-hydrogen) atoms. The van der Waals surface area contributed by atoms with Gasteiger partial charge in [-0.2, -0.15) is 0 Å². The van der Waals surface area contributed by atoms with Gasteiger partial charge in [-0.25, -0.2) is 0 Å². The van der Waals surface area contributed by atoms with Crippen LogP contribution in [0, 0.1) is 0 Å². The summed E-state index contributed by atoms with van der Waals surface area (Å²) in [6.45, 7) is 14.5. The zero-order chi connectivity index (χ0) is 34.5. The molecule has 0 amide bonds. The highest BCUT2D eigenvalue weighted by Crippen LogP contribution is 2.13. The zero-order valence-electron chi connectivity index (χ0n) is 32.1. The summed E-state index contributed by atoms with van der Waals surface area (Å²) in [5.74, 6) is 0. The monoisotopic (exact) mass is 691 g/mol. The van der Waals surface area contributed by atoms with Crippen molar-refractivity contribution >= 4 is 0 Å². The number of unbranched alkanes of at least 4 members (excludes halogenated alkanes) is 20. The molecule has 290 valence electrons. The van der Waals surface area contributed by atoms with E-state index in [1.165, 1.54) is 128 Å². The summed E-state index contributed by atoms with van der Waals surface area (Å²) >= 11 is 0. The minimum atomic E-state index is 0.554. The molecule has 0 aromatic heterocycles. The van der Waals surface area contributed by atoms with Crippen LogP contribution in [0.15, 0.2) is 0 Å². The molecule has 8 heteroatoms. The first-order valence-electron chi connectivity index (χ1n) is 20.5. The Kier molecular flexibility index (Phi) is 46.4. The van der Waals surface area contributed by atoms with Crippen LogP contribution in [0.3, 0.4) is 0 Å². The quantitative estimate of drug-likeness (QED) is 0.0585. The van der Waals surface area contributed by atoms with Gasteiger partial charge < -0.3 is 37.9 Å². The van der Waals surface area contributed by atoms with Crippen LogP contribution in [-0.2, 0) is 37.9 Å². The Morgan fingerprint density at radius 3 is 0.500 bits per heavy atom. The first kappa shape index (κ1) is 47.7. The van der Waals surface area contributed by atoms with Gasteiger partial charge in [0, 0.05) is 13.2 Å². The molecule has 0 aliphatic heterocycles. The van der Waals surface area contributed by atoms with Gasteiger partial charge in [0.05, 0.1) is 92.5 Å². The van der Waals surface area contributed by atoms with Crippen LogP contribution in [0.4, 0.5) is 0 Å². The van der Waals surface area contributed by atoms with E-state index in [2.05, 4.69) is 13.8 Å². The van der Waals surface area contributed by atoms with E-state index in [0.717, 1.165) is 26.1 Å². The normalized spacial score (nSPS) is 11.6. The summed E-state index contributed by atoms with van der Waals surface area (Å²) in [7, 11) is 0. The van der Waals surface area contributed by atoms with Gasteiger partial charge in [-0.05, 0) is 12.8 Å². The minimum absolute atomic E-state index is 0.554. The second-order valence-corrected chi connectivity index (χ2v) is 13.0. The largest absolute Gasteiger partial charge is 0.379 e. The van der Waals surface area contributed by atoms with Gasteiger partial charge in [-0.15, -0.1) is 0 Å². The topological polar surface area (TPSA) is 73.8 Å². The smallest absolute Gasteiger partial charge is 0.0701 e. The molecule has 0 saturated carbocycles. The average Bonchev–Trinajstić information content (AvgIpc) is 3.10. The van der Waals surface area contributed by atoms with Crippen LogP contribution in [0.25, 0.3) is 0 Å². The molecule has 8 nitrogen and oxygen atoms in total. The SMILES string of the molecule is CCCCCCCCCCCCCCCCCCOCCOCCOCCOCCOCCOCCOCCOCCCCCCCC. The first-order valence-corrected chi connectivity index (χ1v) is 20.5. The molecule has 0 N–H and O–H groups in total. The molecule has 0 aromatic carbocycles. The highest BCUT2D eigenvalue weighted by atomic mass is 16.6. The third kappa shape index (κ3) is 45.7. The maximum Gasteiger partial charge on any atom is 0.0701 e. The summed E-state index contributed by atoms with van der Waals surface area (Å²) in [6, 6.07) is 0. The predicted molar refractivity (Wildman–Crippen MR) is 199 cm³/mol. The maximum atomic E-state index is 5.69. The lowest BCUT2D eigenvalue weighted by atomic mass is 10.0. The fourth-order valence-electron chi connectivity index (χ4n) is 5.38. The highest BCUT2D eigenvalue weighted by Gasteiger charge is 1.98. The lowest BCUT2D eigenvalue weighted by Crippen LogP contribution is -2.15. The van der Waals surface area contributed by atoms with Crippen molar-refractivity contribution in [2.75, 3.05) is 106 Å². The Morgan fingerprint density at radius 2 is 0.312 bits per heavy atom. The molecular formula is C40H82O8. The summed E-state index contributed by atoms with van der Waals surface area (Å²) in [4.78, 5) is 0. The number of hydrogen-bond acceptors (Lipinski definition) is 8.